The van der Waals surface area contributed by atoms with Crippen molar-refractivity contribution < 1.29 is 9.59 Å². The maximum Gasteiger partial charge on any atom is 0.239 e. The average molecular weight is 419 g/mol. The Morgan fingerprint density at radius 1 is 1.22 bits per heavy atom. The van der Waals surface area contributed by atoms with Gasteiger partial charge in [-0.15, -0.1) is 24.8 Å². The average Bonchev–Trinajstić information content (AvgIpc) is 2.91. The van der Waals surface area contributed by atoms with Crippen LogP contribution in [0.4, 0.5) is 0 Å². The summed E-state index contributed by atoms with van der Waals surface area (Å²) in [7, 11) is 0. The van der Waals surface area contributed by atoms with Crippen molar-refractivity contribution in [1.82, 2.24) is 15.5 Å². The van der Waals surface area contributed by atoms with E-state index in [-0.39, 0.29) is 55.1 Å². The standard InChI is InChI=1S/C19H30N4O2.2ClH/c1-13(2)18(20)19(25)21-10-17(24)22-16-9-14(3)23(12-16)11-15-7-5-4-6-8-15;;/h4-8,13-14,16,18H,9-12,20H2,1-3H3,(H,21,25)(H,22,24);2*1H/t14?,16?,18-;;/m0../s1. The van der Waals surface area contributed by atoms with Gasteiger partial charge in [0.05, 0.1) is 12.6 Å². The normalized spacial score (nSPS) is 20.3. The van der Waals surface area contributed by atoms with E-state index in [1.165, 1.54) is 5.56 Å². The van der Waals surface area contributed by atoms with Crippen LogP contribution < -0.4 is 16.4 Å². The number of likely N-dealkylation sites (tertiary alicyclic amines) is 1. The second kappa shape index (κ2) is 12.2. The molecule has 1 aliphatic rings. The lowest BCUT2D eigenvalue weighted by Gasteiger charge is -2.21. The third kappa shape index (κ3) is 8.05. The van der Waals surface area contributed by atoms with Crippen molar-refractivity contribution in [1.29, 1.82) is 0 Å². The summed E-state index contributed by atoms with van der Waals surface area (Å²) in [5.74, 6) is -0.399. The van der Waals surface area contributed by atoms with Gasteiger partial charge in [0.1, 0.15) is 0 Å². The number of hydrogen-bond donors (Lipinski definition) is 3. The van der Waals surface area contributed by atoms with Gasteiger partial charge in [-0.2, -0.15) is 0 Å². The van der Waals surface area contributed by atoms with Crippen molar-refractivity contribution in [2.45, 2.75) is 51.9 Å². The molecule has 0 saturated carbocycles. The Bertz CT molecular complexity index is 586. The van der Waals surface area contributed by atoms with Crippen LogP contribution in [0.25, 0.3) is 0 Å². The van der Waals surface area contributed by atoms with Crippen LogP contribution >= 0.6 is 24.8 Å². The van der Waals surface area contributed by atoms with Crippen LogP contribution in [0, 0.1) is 5.92 Å². The zero-order chi connectivity index (χ0) is 18.4. The van der Waals surface area contributed by atoms with Crippen molar-refractivity contribution in [2.24, 2.45) is 11.7 Å². The van der Waals surface area contributed by atoms with Gasteiger partial charge < -0.3 is 16.4 Å². The predicted octanol–water partition coefficient (Wildman–Crippen LogP) is 1.71. The maximum atomic E-state index is 12.1. The van der Waals surface area contributed by atoms with Crippen molar-refractivity contribution in [3.8, 4) is 0 Å². The molecular weight excluding hydrogens is 387 g/mol. The predicted molar refractivity (Wildman–Crippen MR) is 113 cm³/mol. The van der Waals surface area contributed by atoms with Gasteiger partial charge in [0.2, 0.25) is 11.8 Å². The first-order chi connectivity index (χ1) is 11.9. The minimum Gasteiger partial charge on any atom is -0.350 e. The Kier molecular flexibility index (Phi) is 11.6. The second-order valence-corrected chi connectivity index (χ2v) is 7.25. The molecule has 0 spiro atoms. The number of nitrogens with zero attached hydrogens (tertiary/aromatic N) is 1. The highest BCUT2D eigenvalue weighted by atomic mass is 35.5. The molecule has 4 N–H and O–H groups in total. The molecule has 1 fully saturated rings. The highest BCUT2D eigenvalue weighted by Crippen LogP contribution is 2.20. The number of halogens is 2. The number of nitrogens with one attached hydrogen (secondary N) is 2. The molecular formula is C19H32Cl2N4O2. The number of amides is 2. The van der Waals surface area contributed by atoms with Crippen molar-refractivity contribution in [3.05, 3.63) is 35.9 Å². The number of carbonyl (C=O) groups excluding carboxylic acids is 2. The summed E-state index contributed by atoms with van der Waals surface area (Å²) < 4.78 is 0. The van der Waals surface area contributed by atoms with E-state index < -0.39 is 6.04 Å². The van der Waals surface area contributed by atoms with E-state index in [0.29, 0.717) is 6.04 Å². The summed E-state index contributed by atoms with van der Waals surface area (Å²) in [4.78, 5) is 26.3. The van der Waals surface area contributed by atoms with Crippen LogP contribution in [0.1, 0.15) is 32.8 Å². The first-order valence-electron chi connectivity index (χ1n) is 8.97. The first kappa shape index (κ1) is 25.7. The van der Waals surface area contributed by atoms with Crippen molar-refractivity contribution in [2.75, 3.05) is 13.1 Å². The first-order valence-corrected chi connectivity index (χ1v) is 8.97. The van der Waals surface area contributed by atoms with Crippen LogP contribution in [0.5, 0.6) is 0 Å². The molecule has 2 amide bonds. The molecule has 0 radical (unpaired) electrons. The van der Waals surface area contributed by atoms with Crippen LogP contribution in [0.3, 0.4) is 0 Å². The van der Waals surface area contributed by atoms with Gasteiger partial charge in [-0.05, 0) is 24.8 Å². The number of benzene rings is 1. The Morgan fingerprint density at radius 2 is 1.85 bits per heavy atom. The molecule has 1 saturated heterocycles. The quantitative estimate of drug-likeness (QED) is 0.628. The van der Waals surface area contributed by atoms with Crippen molar-refractivity contribution >= 4 is 36.6 Å². The molecule has 2 unspecified atom stereocenters. The zero-order valence-corrected chi connectivity index (χ0v) is 17.8. The molecule has 0 bridgehead atoms. The lowest BCUT2D eigenvalue weighted by Crippen LogP contribution is -2.48. The second-order valence-electron chi connectivity index (χ2n) is 7.25. The minimum atomic E-state index is -0.583. The molecule has 0 aromatic heterocycles. The van der Waals surface area contributed by atoms with E-state index in [0.717, 1.165) is 19.5 Å². The molecule has 1 aromatic rings. The van der Waals surface area contributed by atoms with Crippen LogP contribution in [0.2, 0.25) is 0 Å². The van der Waals surface area contributed by atoms with Gasteiger partial charge in [-0.3, -0.25) is 14.5 Å². The fourth-order valence-electron chi connectivity index (χ4n) is 3.11. The van der Waals surface area contributed by atoms with Crippen LogP contribution in [0.15, 0.2) is 30.3 Å². The smallest absolute Gasteiger partial charge is 0.239 e. The van der Waals surface area contributed by atoms with E-state index in [1.807, 2.05) is 32.0 Å². The van der Waals surface area contributed by atoms with E-state index in [1.54, 1.807) is 0 Å². The monoisotopic (exact) mass is 418 g/mol. The molecule has 1 aromatic carbocycles. The van der Waals surface area contributed by atoms with Gasteiger partial charge >= 0.3 is 0 Å². The fraction of sp³-hybridized carbons (Fsp3) is 0.579. The SMILES string of the molecule is CC(C)[C@H](N)C(=O)NCC(=O)NC1CC(C)N(Cc2ccccc2)C1.Cl.Cl. The summed E-state index contributed by atoms with van der Waals surface area (Å²) >= 11 is 0. The molecule has 3 atom stereocenters. The number of hydrogen-bond acceptors (Lipinski definition) is 4. The molecule has 1 heterocycles. The van der Waals surface area contributed by atoms with E-state index in [2.05, 4.69) is 34.6 Å². The summed E-state index contributed by atoms with van der Waals surface area (Å²) in [6, 6.07) is 10.3. The third-order valence-electron chi connectivity index (χ3n) is 4.74. The lowest BCUT2D eigenvalue weighted by atomic mass is 10.1. The van der Waals surface area contributed by atoms with Gasteiger partial charge in [0, 0.05) is 25.2 Å². The summed E-state index contributed by atoms with van der Waals surface area (Å²) in [5, 5.41) is 5.62. The Balaban J connectivity index is 0.00000338. The maximum absolute atomic E-state index is 12.1. The highest BCUT2D eigenvalue weighted by molar-refractivity contribution is 5.87. The van der Waals surface area contributed by atoms with Gasteiger partial charge in [-0.25, -0.2) is 0 Å². The zero-order valence-electron chi connectivity index (χ0n) is 16.2. The number of rotatable bonds is 7. The minimum absolute atomic E-state index is 0. The molecule has 6 nitrogen and oxygen atoms in total. The van der Waals surface area contributed by atoms with Gasteiger partial charge in [0.15, 0.2) is 0 Å². The van der Waals surface area contributed by atoms with Crippen molar-refractivity contribution in [3.63, 3.8) is 0 Å². The fourth-order valence-corrected chi connectivity index (χ4v) is 3.11. The number of carbonyl (C=O) groups is 2. The van der Waals surface area contributed by atoms with Crippen LogP contribution in [-0.2, 0) is 16.1 Å². The number of nitrogens with two attached hydrogens (primary N) is 1. The van der Waals surface area contributed by atoms with Gasteiger partial charge in [0.25, 0.3) is 0 Å². The molecule has 1 aliphatic heterocycles. The Hall–Kier alpha value is -1.34. The molecule has 8 heteroatoms. The molecule has 27 heavy (non-hydrogen) atoms. The van der Waals surface area contributed by atoms with E-state index >= 15 is 0 Å². The van der Waals surface area contributed by atoms with Gasteiger partial charge in [-0.1, -0.05) is 44.2 Å². The molecule has 0 aliphatic carbocycles. The molecule has 154 valence electrons. The topological polar surface area (TPSA) is 87.5 Å². The Morgan fingerprint density at radius 3 is 2.44 bits per heavy atom. The highest BCUT2D eigenvalue weighted by Gasteiger charge is 2.30. The summed E-state index contributed by atoms with van der Waals surface area (Å²) in [5.41, 5.74) is 7.04. The summed E-state index contributed by atoms with van der Waals surface area (Å²) in [6.07, 6.45) is 0.915. The largest absolute Gasteiger partial charge is 0.350 e. The third-order valence-corrected chi connectivity index (χ3v) is 4.74. The van der Waals surface area contributed by atoms with E-state index in [4.69, 9.17) is 5.73 Å². The molecule has 2 rings (SSSR count). The van der Waals surface area contributed by atoms with Crippen LogP contribution in [-0.4, -0.2) is 47.9 Å². The lowest BCUT2D eigenvalue weighted by molar-refractivity contribution is -0.127. The van der Waals surface area contributed by atoms with E-state index in [9.17, 15) is 9.59 Å². The Labute approximate surface area is 174 Å². The summed E-state index contributed by atoms with van der Waals surface area (Å²) in [6.45, 7) is 7.62.